The van der Waals surface area contributed by atoms with E-state index in [0.29, 0.717) is 6.04 Å². The van der Waals surface area contributed by atoms with Crippen LogP contribution in [-0.2, 0) is 24.3 Å². The van der Waals surface area contributed by atoms with Crippen LogP contribution in [-0.4, -0.2) is 35.9 Å². The second-order valence-electron chi connectivity index (χ2n) is 5.84. The molecule has 3 heterocycles. The Hall–Kier alpha value is -1.37. The second kappa shape index (κ2) is 6.81. The Morgan fingerprint density at radius 1 is 1.36 bits per heavy atom. The highest BCUT2D eigenvalue weighted by Gasteiger charge is 2.27. The van der Waals surface area contributed by atoms with Gasteiger partial charge in [-0.15, -0.1) is 0 Å². The highest BCUT2D eigenvalue weighted by molar-refractivity contribution is 5.70. The molecular formula is C16H26N4O2. The molecule has 1 fully saturated rings. The molecule has 122 valence electrons. The van der Waals surface area contributed by atoms with Crippen molar-refractivity contribution in [1.82, 2.24) is 10.4 Å². The predicted octanol–water partition coefficient (Wildman–Crippen LogP) is 1.57. The first-order chi connectivity index (χ1) is 10.8. The van der Waals surface area contributed by atoms with Gasteiger partial charge in [-0.25, -0.2) is 10.4 Å². The van der Waals surface area contributed by atoms with Crippen LogP contribution in [0.15, 0.2) is 0 Å². The molecule has 0 bridgehead atoms. The number of rotatable bonds is 5. The highest BCUT2D eigenvalue weighted by Crippen LogP contribution is 2.35. The summed E-state index contributed by atoms with van der Waals surface area (Å²) in [6, 6.07) is 0.408. The van der Waals surface area contributed by atoms with E-state index in [1.807, 2.05) is 0 Å². The van der Waals surface area contributed by atoms with Gasteiger partial charge < -0.3 is 15.2 Å². The number of anilines is 2. The molecule has 0 unspecified atom stereocenters. The Balaban J connectivity index is 1.99. The van der Waals surface area contributed by atoms with Crippen LogP contribution in [0.1, 0.15) is 43.5 Å². The van der Waals surface area contributed by atoms with E-state index in [2.05, 4.69) is 29.6 Å². The van der Waals surface area contributed by atoms with Gasteiger partial charge in [0.2, 0.25) is 0 Å². The third-order valence-corrected chi connectivity index (χ3v) is 4.54. The van der Waals surface area contributed by atoms with Gasteiger partial charge in [0.1, 0.15) is 5.82 Å². The van der Waals surface area contributed by atoms with E-state index in [1.165, 1.54) is 5.56 Å². The normalized spacial score (nSPS) is 18.6. The predicted molar refractivity (Wildman–Crippen MR) is 86.9 cm³/mol. The Kier molecular flexibility index (Phi) is 4.81. The van der Waals surface area contributed by atoms with Crippen molar-refractivity contribution in [1.29, 1.82) is 0 Å². The molecule has 0 aromatic carbocycles. The first kappa shape index (κ1) is 15.5. The number of hydrogen-bond acceptors (Lipinski definition) is 6. The maximum Gasteiger partial charge on any atom is 0.149 e. The van der Waals surface area contributed by atoms with Crippen molar-refractivity contribution in [2.45, 2.75) is 52.3 Å². The summed E-state index contributed by atoms with van der Waals surface area (Å²) in [5, 5.41) is 15.6. The van der Waals surface area contributed by atoms with Gasteiger partial charge >= 0.3 is 0 Å². The Bertz CT molecular complexity index is 529. The number of hydrazine groups is 1. The minimum Gasteiger partial charge on any atom is -0.392 e. The van der Waals surface area contributed by atoms with Gasteiger partial charge in [-0.1, -0.05) is 6.92 Å². The highest BCUT2D eigenvalue weighted by atomic mass is 16.5. The van der Waals surface area contributed by atoms with Crippen LogP contribution in [0.5, 0.6) is 0 Å². The summed E-state index contributed by atoms with van der Waals surface area (Å²) in [5.41, 5.74) is 7.57. The number of ether oxygens (including phenoxy) is 1. The zero-order chi connectivity index (χ0) is 15.5. The molecule has 0 spiro atoms. The van der Waals surface area contributed by atoms with Gasteiger partial charge in [0, 0.05) is 43.5 Å². The number of aryl methyl sites for hydroxylation is 1. The van der Waals surface area contributed by atoms with Crippen molar-refractivity contribution in [3.63, 3.8) is 0 Å². The number of aromatic nitrogens is 1. The van der Waals surface area contributed by atoms with Crippen molar-refractivity contribution in [2.75, 3.05) is 30.1 Å². The van der Waals surface area contributed by atoms with Crippen molar-refractivity contribution in [3.8, 4) is 0 Å². The minimum atomic E-state index is 0.0289. The number of fused-ring (bicyclic) bond motifs is 1. The molecule has 2 aliphatic heterocycles. The van der Waals surface area contributed by atoms with Crippen LogP contribution >= 0.6 is 0 Å². The van der Waals surface area contributed by atoms with Crippen molar-refractivity contribution < 1.29 is 9.84 Å². The fraction of sp³-hybridized carbons (Fsp3) is 0.688. The monoisotopic (exact) mass is 306 g/mol. The Labute approximate surface area is 131 Å². The van der Waals surface area contributed by atoms with Gasteiger partial charge in [0.15, 0.2) is 0 Å². The summed E-state index contributed by atoms with van der Waals surface area (Å²) in [6.07, 6.45) is 2.84. The summed E-state index contributed by atoms with van der Waals surface area (Å²) >= 11 is 0. The Morgan fingerprint density at radius 2 is 2.14 bits per heavy atom. The van der Waals surface area contributed by atoms with Gasteiger partial charge in [-0.3, -0.25) is 5.01 Å². The number of aliphatic hydroxyl groups excluding tert-OH is 1. The molecule has 3 N–H and O–H groups in total. The zero-order valence-electron chi connectivity index (χ0n) is 13.5. The summed E-state index contributed by atoms with van der Waals surface area (Å²) < 4.78 is 5.44. The Morgan fingerprint density at radius 3 is 2.77 bits per heavy atom. The van der Waals surface area contributed by atoms with E-state index in [-0.39, 0.29) is 6.61 Å². The summed E-state index contributed by atoms with van der Waals surface area (Å²) in [7, 11) is 0. The molecule has 6 nitrogen and oxygen atoms in total. The number of aliphatic hydroxyl groups is 1. The average Bonchev–Trinajstić information content (AvgIpc) is 2.98. The molecule has 1 aromatic rings. The molecule has 3 rings (SSSR count). The maximum atomic E-state index is 9.88. The summed E-state index contributed by atoms with van der Waals surface area (Å²) in [5.74, 6) is 1.01. The molecule has 2 aliphatic rings. The lowest BCUT2D eigenvalue weighted by molar-refractivity contribution is 0.0904. The van der Waals surface area contributed by atoms with Crippen LogP contribution in [0.2, 0.25) is 0 Å². The van der Waals surface area contributed by atoms with E-state index >= 15 is 0 Å². The lowest BCUT2D eigenvalue weighted by atomic mass is 10.0. The van der Waals surface area contributed by atoms with E-state index in [1.54, 1.807) is 0 Å². The molecule has 0 atom stereocenters. The third-order valence-electron chi connectivity index (χ3n) is 4.54. The van der Waals surface area contributed by atoms with Crippen LogP contribution in [0, 0.1) is 0 Å². The molecule has 0 saturated carbocycles. The van der Waals surface area contributed by atoms with Gasteiger partial charge in [0.05, 0.1) is 18.0 Å². The van der Waals surface area contributed by atoms with Gasteiger partial charge in [-0.05, 0) is 26.2 Å². The third kappa shape index (κ3) is 2.78. The van der Waals surface area contributed by atoms with E-state index < -0.39 is 0 Å². The fourth-order valence-corrected chi connectivity index (χ4v) is 3.29. The average molecular weight is 306 g/mol. The lowest BCUT2D eigenvalue weighted by Gasteiger charge is -2.27. The maximum absolute atomic E-state index is 9.88. The van der Waals surface area contributed by atoms with Crippen LogP contribution < -0.4 is 15.8 Å². The van der Waals surface area contributed by atoms with Gasteiger partial charge in [0.25, 0.3) is 0 Å². The van der Waals surface area contributed by atoms with Crippen molar-refractivity contribution in [2.24, 2.45) is 0 Å². The molecule has 6 heteroatoms. The largest absolute Gasteiger partial charge is 0.392 e. The van der Waals surface area contributed by atoms with Crippen molar-refractivity contribution in [3.05, 3.63) is 16.8 Å². The molecule has 0 amide bonds. The SMILES string of the molecule is CCc1nc2c(c(NC3CCOCC3)c1CO)CNN2CC. The molecule has 22 heavy (non-hydrogen) atoms. The first-order valence-corrected chi connectivity index (χ1v) is 8.29. The van der Waals surface area contributed by atoms with E-state index in [4.69, 9.17) is 9.72 Å². The van der Waals surface area contributed by atoms with Crippen LogP contribution in [0.4, 0.5) is 11.5 Å². The fourth-order valence-electron chi connectivity index (χ4n) is 3.29. The number of pyridine rings is 1. The van der Waals surface area contributed by atoms with E-state index in [9.17, 15) is 5.11 Å². The molecule has 1 aromatic heterocycles. The summed E-state index contributed by atoms with van der Waals surface area (Å²) in [6.45, 7) is 7.47. The van der Waals surface area contributed by atoms with Gasteiger partial charge in [-0.2, -0.15) is 0 Å². The standard InChI is InChI=1S/C16H26N4O2/c1-3-14-13(10-21)15(18-11-5-7-22-8-6-11)12-9-17-20(4-2)16(12)19-14/h11,17,21H,3-10H2,1-2H3,(H,18,19). The lowest BCUT2D eigenvalue weighted by Crippen LogP contribution is -2.32. The van der Waals surface area contributed by atoms with Crippen molar-refractivity contribution >= 4 is 11.5 Å². The second-order valence-corrected chi connectivity index (χ2v) is 5.84. The first-order valence-electron chi connectivity index (χ1n) is 8.29. The zero-order valence-corrected chi connectivity index (χ0v) is 13.5. The topological polar surface area (TPSA) is 69.7 Å². The number of hydrogen-bond donors (Lipinski definition) is 3. The number of nitrogens with zero attached hydrogens (tertiary/aromatic N) is 2. The van der Waals surface area contributed by atoms with Crippen LogP contribution in [0.25, 0.3) is 0 Å². The quantitative estimate of drug-likeness (QED) is 0.767. The molecule has 0 radical (unpaired) electrons. The smallest absolute Gasteiger partial charge is 0.149 e. The molecule has 0 aliphatic carbocycles. The summed E-state index contributed by atoms with van der Waals surface area (Å²) in [4.78, 5) is 4.79. The molecule has 1 saturated heterocycles. The van der Waals surface area contributed by atoms with Crippen LogP contribution in [0.3, 0.4) is 0 Å². The number of nitrogens with one attached hydrogen (secondary N) is 2. The minimum absolute atomic E-state index is 0.0289. The van der Waals surface area contributed by atoms with E-state index in [0.717, 1.165) is 68.3 Å². The molecular weight excluding hydrogens is 280 g/mol.